The lowest BCUT2D eigenvalue weighted by molar-refractivity contribution is 0.242. The molecule has 2 aromatic heterocycles. The summed E-state index contributed by atoms with van der Waals surface area (Å²) < 4.78 is 46.8. The number of benzene rings is 1. The molecule has 2 aliphatic rings. The van der Waals surface area contributed by atoms with Crippen molar-refractivity contribution in [3.05, 3.63) is 35.6 Å². The third kappa shape index (κ3) is 5.19. The number of sulfonamides is 1. The van der Waals surface area contributed by atoms with Crippen molar-refractivity contribution in [3.63, 3.8) is 0 Å². The highest BCUT2D eigenvalue weighted by molar-refractivity contribution is 7.88. The Hall–Kier alpha value is -2.37. The minimum Gasteiger partial charge on any atom is -0.337 e. The number of hydrogen-bond acceptors (Lipinski definition) is 7. The van der Waals surface area contributed by atoms with Gasteiger partial charge in [-0.15, -0.1) is 0 Å². The van der Waals surface area contributed by atoms with Crippen molar-refractivity contribution in [2.45, 2.75) is 70.3 Å². The van der Waals surface area contributed by atoms with Crippen molar-refractivity contribution >= 4 is 20.9 Å². The van der Waals surface area contributed by atoms with Crippen molar-refractivity contribution in [1.82, 2.24) is 29.5 Å². The van der Waals surface area contributed by atoms with Gasteiger partial charge in [0.25, 0.3) is 5.95 Å². The van der Waals surface area contributed by atoms with Gasteiger partial charge in [-0.05, 0) is 68.1 Å². The van der Waals surface area contributed by atoms with Gasteiger partial charge < -0.3 is 9.84 Å². The highest BCUT2D eigenvalue weighted by atomic mass is 32.2. The summed E-state index contributed by atoms with van der Waals surface area (Å²) in [6, 6.07) is 5.44. The van der Waals surface area contributed by atoms with Gasteiger partial charge in [0.15, 0.2) is 0 Å². The summed E-state index contributed by atoms with van der Waals surface area (Å²) >= 11 is 0. The highest BCUT2D eigenvalue weighted by Gasteiger charge is 2.29. The molecular weight excluding hydrogens is 483 g/mol. The number of nitrogens with zero attached hydrogens (tertiary/aromatic N) is 5. The Kier molecular flexibility index (Phi) is 7.15. The number of aromatic nitrogens is 4. The molecule has 0 amide bonds. The second kappa shape index (κ2) is 10.2. The van der Waals surface area contributed by atoms with Gasteiger partial charge in [-0.2, -0.15) is 14.8 Å². The Bertz CT molecular complexity index is 1300. The number of halogens is 1. The van der Waals surface area contributed by atoms with Crippen molar-refractivity contribution in [1.29, 1.82) is 0 Å². The molecule has 0 radical (unpaired) electrons. The van der Waals surface area contributed by atoms with Crippen LogP contribution in [0.15, 0.2) is 22.7 Å². The number of hydrogen-bond donors (Lipinski definition) is 1. The molecule has 1 aliphatic heterocycles. The largest absolute Gasteiger partial charge is 0.337 e. The number of rotatable bonds is 7. The van der Waals surface area contributed by atoms with Crippen LogP contribution in [0.1, 0.15) is 75.8 Å². The maximum atomic E-state index is 14.7. The minimum absolute atomic E-state index is 0.136. The molecule has 0 bridgehead atoms. The lowest BCUT2D eigenvalue weighted by Crippen LogP contribution is -2.42. The van der Waals surface area contributed by atoms with Crippen LogP contribution in [0, 0.1) is 11.7 Å². The standard InChI is InChI=1S/C25H35FN6O3S/c1-16(2)22-20-5-4-6-21(26)23(20)32(29-22)25-28-24(35-30-25)18-7-9-19(10-8-18)27-15-17-11-13-31(14-12-17)36(3,33)34/h4-6,16-19,27H,7-15H2,1-3H3. The lowest BCUT2D eigenvalue weighted by atomic mass is 9.85. The number of fused-ring (bicyclic) bond motifs is 1. The predicted molar refractivity (Wildman–Crippen MR) is 135 cm³/mol. The van der Waals surface area contributed by atoms with Crippen LogP contribution in [0.25, 0.3) is 16.9 Å². The van der Waals surface area contributed by atoms with Crippen LogP contribution in [0.4, 0.5) is 4.39 Å². The van der Waals surface area contributed by atoms with Gasteiger partial charge in [0.1, 0.15) is 11.3 Å². The van der Waals surface area contributed by atoms with E-state index < -0.39 is 10.0 Å². The fourth-order valence-corrected chi connectivity index (χ4v) is 6.40. The summed E-state index contributed by atoms with van der Waals surface area (Å²) in [5, 5.41) is 13.2. The molecule has 36 heavy (non-hydrogen) atoms. The maximum Gasteiger partial charge on any atom is 0.291 e. The van der Waals surface area contributed by atoms with E-state index in [0.29, 0.717) is 36.5 Å². The molecule has 1 saturated carbocycles. The van der Waals surface area contributed by atoms with E-state index >= 15 is 0 Å². The molecule has 9 nitrogen and oxygen atoms in total. The molecule has 1 aliphatic carbocycles. The van der Waals surface area contributed by atoms with E-state index in [1.807, 2.05) is 19.9 Å². The van der Waals surface area contributed by atoms with Gasteiger partial charge in [0, 0.05) is 30.4 Å². The van der Waals surface area contributed by atoms with Gasteiger partial charge in [-0.1, -0.05) is 26.0 Å². The molecule has 0 spiro atoms. The van der Waals surface area contributed by atoms with Crippen LogP contribution in [0.5, 0.6) is 0 Å². The zero-order chi connectivity index (χ0) is 25.4. The molecule has 196 valence electrons. The van der Waals surface area contributed by atoms with Crippen LogP contribution >= 0.6 is 0 Å². The first-order chi connectivity index (χ1) is 17.2. The van der Waals surface area contributed by atoms with Gasteiger partial charge in [0.05, 0.1) is 11.9 Å². The first-order valence-electron chi connectivity index (χ1n) is 12.9. The quantitative estimate of drug-likeness (QED) is 0.505. The number of nitrogens with one attached hydrogen (secondary N) is 1. The van der Waals surface area contributed by atoms with Gasteiger partial charge in [-0.3, -0.25) is 0 Å². The molecule has 11 heteroatoms. The van der Waals surface area contributed by atoms with E-state index in [9.17, 15) is 12.8 Å². The molecule has 0 unspecified atom stereocenters. The molecule has 3 aromatic rings. The minimum atomic E-state index is -3.08. The predicted octanol–water partition coefficient (Wildman–Crippen LogP) is 3.96. The fourth-order valence-electron chi connectivity index (χ4n) is 5.52. The number of piperidine rings is 1. The second-order valence-corrected chi connectivity index (χ2v) is 12.6. The lowest BCUT2D eigenvalue weighted by Gasteiger charge is -2.33. The van der Waals surface area contributed by atoms with E-state index in [4.69, 9.17) is 4.52 Å². The van der Waals surface area contributed by atoms with Crippen molar-refractivity contribution in [2.75, 3.05) is 25.9 Å². The molecule has 2 fully saturated rings. The monoisotopic (exact) mass is 518 g/mol. The molecule has 1 N–H and O–H groups in total. The fraction of sp³-hybridized carbons (Fsp3) is 0.640. The second-order valence-electron chi connectivity index (χ2n) is 10.6. The van der Waals surface area contributed by atoms with Crippen LogP contribution < -0.4 is 5.32 Å². The molecule has 0 atom stereocenters. The Morgan fingerprint density at radius 2 is 1.86 bits per heavy atom. The zero-order valence-electron chi connectivity index (χ0n) is 21.2. The molecule has 1 saturated heterocycles. The first kappa shape index (κ1) is 25.3. The normalized spacial score (nSPS) is 22.6. The van der Waals surface area contributed by atoms with Gasteiger partial charge in [-0.25, -0.2) is 17.1 Å². The van der Waals surface area contributed by atoms with Crippen LogP contribution in [0.2, 0.25) is 0 Å². The average Bonchev–Trinajstić information content (AvgIpc) is 3.49. The molecule has 1 aromatic carbocycles. The van der Waals surface area contributed by atoms with Gasteiger partial charge >= 0.3 is 0 Å². The van der Waals surface area contributed by atoms with E-state index in [-0.39, 0.29) is 23.6 Å². The van der Waals surface area contributed by atoms with E-state index in [1.165, 1.54) is 17.0 Å². The Morgan fingerprint density at radius 3 is 2.53 bits per heavy atom. The van der Waals surface area contributed by atoms with Crippen LogP contribution in [0.3, 0.4) is 0 Å². The third-order valence-electron chi connectivity index (χ3n) is 7.66. The summed E-state index contributed by atoms with van der Waals surface area (Å²) in [5.74, 6) is 1.33. The highest BCUT2D eigenvalue weighted by Crippen LogP contribution is 2.34. The summed E-state index contributed by atoms with van der Waals surface area (Å²) in [4.78, 5) is 4.62. The Morgan fingerprint density at radius 1 is 1.14 bits per heavy atom. The summed E-state index contributed by atoms with van der Waals surface area (Å²) in [5.41, 5.74) is 1.19. The van der Waals surface area contributed by atoms with Crippen LogP contribution in [-0.2, 0) is 10.0 Å². The van der Waals surface area contributed by atoms with Crippen LogP contribution in [-0.4, -0.2) is 64.6 Å². The number of para-hydroxylation sites is 1. The van der Waals surface area contributed by atoms with E-state index in [1.54, 1.807) is 10.4 Å². The van der Waals surface area contributed by atoms with Crippen molar-refractivity contribution in [2.24, 2.45) is 5.92 Å². The van der Waals surface area contributed by atoms with Crippen molar-refractivity contribution in [3.8, 4) is 5.95 Å². The summed E-state index contributed by atoms with van der Waals surface area (Å²) in [6.07, 6.45) is 7.01. The SMILES string of the molecule is CC(C)c1nn(-c2noc(C3CCC(NCC4CCN(S(C)(=O)=O)CC4)CC3)n2)c2c(F)cccc12. The van der Waals surface area contributed by atoms with E-state index in [2.05, 4.69) is 20.6 Å². The first-order valence-corrected chi connectivity index (χ1v) is 14.7. The Balaban J connectivity index is 1.18. The van der Waals surface area contributed by atoms with Gasteiger partial charge in [0.2, 0.25) is 15.9 Å². The molecule has 3 heterocycles. The molecular formula is C25H35FN6O3S. The maximum absolute atomic E-state index is 14.7. The smallest absolute Gasteiger partial charge is 0.291 e. The van der Waals surface area contributed by atoms with Crippen molar-refractivity contribution < 1.29 is 17.3 Å². The zero-order valence-corrected chi connectivity index (χ0v) is 22.0. The Labute approximate surface area is 211 Å². The summed E-state index contributed by atoms with van der Waals surface area (Å²) in [7, 11) is -3.08. The topological polar surface area (TPSA) is 106 Å². The average molecular weight is 519 g/mol. The summed E-state index contributed by atoms with van der Waals surface area (Å²) in [6.45, 7) is 6.22. The third-order valence-corrected chi connectivity index (χ3v) is 8.97. The van der Waals surface area contributed by atoms with E-state index in [0.717, 1.165) is 56.1 Å². The molecule has 5 rings (SSSR count).